The lowest BCUT2D eigenvalue weighted by Crippen LogP contribution is -2.45. The van der Waals surface area contributed by atoms with Crippen molar-refractivity contribution >= 4 is 17.2 Å². The molecule has 0 aromatic carbocycles. The van der Waals surface area contributed by atoms with Gasteiger partial charge in [0.15, 0.2) is 0 Å². The number of carbonyl (C=O) groups is 1. The molecule has 2 aromatic rings. The van der Waals surface area contributed by atoms with Crippen molar-refractivity contribution in [3.63, 3.8) is 0 Å². The molecule has 1 saturated carbocycles. The number of aromatic nitrogens is 2. The first-order valence-corrected chi connectivity index (χ1v) is 9.27. The number of anilines is 1. The van der Waals surface area contributed by atoms with E-state index in [-0.39, 0.29) is 11.8 Å². The number of carbonyl (C=O) groups excluding carboxylic acids is 1. The Balaban J connectivity index is 1.33. The highest BCUT2D eigenvalue weighted by atomic mass is 16.5. The molecule has 0 atom stereocenters. The van der Waals surface area contributed by atoms with Crippen molar-refractivity contribution in [2.75, 3.05) is 31.6 Å². The van der Waals surface area contributed by atoms with Crippen LogP contribution in [-0.4, -0.2) is 52.5 Å². The van der Waals surface area contributed by atoms with E-state index in [0.717, 1.165) is 69.0 Å². The second kappa shape index (κ2) is 7.14. The van der Waals surface area contributed by atoms with Crippen LogP contribution in [-0.2, 0) is 9.53 Å². The summed E-state index contributed by atoms with van der Waals surface area (Å²) < 4.78 is 7.39. The third-order valence-corrected chi connectivity index (χ3v) is 5.47. The number of nitrogens with one attached hydrogen (secondary N) is 1. The first-order chi connectivity index (χ1) is 12.2. The average molecular weight is 342 g/mol. The molecular formula is C19H26N4O2. The first-order valence-electron chi connectivity index (χ1n) is 9.27. The number of fused-ring (bicyclic) bond motifs is 1. The van der Waals surface area contributed by atoms with E-state index in [1.165, 1.54) is 0 Å². The fraction of sp³-hybridized carbons (Fsp3) is 0.579. The van der Waals surface area contributed by atoms with Gasteiger partial charge < -0.3 is 14.5 Å². The van der Waals surface area contributed by atoms with E-state index in [0.29, 0.717) is 6.04 Å². The third kappa shape index (κ3) is 3.70. The molecule has 1 aliphatic heterocycles. The van der Waals surface area contributed by atoms with Crippen molar-refractivity contribution in [3.8, 4) is 0 Å². The normalized spacial score (nSPS) is 25.2. The zero-order valence-corrected chi connectivity index (χ0v) is 14.8. The Morgan fingerprint density at radius 2 is 1.92 bits per heavy atom. The van der Waals surface area contributed by atoms with Crippen molar-refractivity contribution < 1.29 is 9.53 Å². The molecule has 134 valence electrons. The van der Waals surface area contributed by atoms with Gasteiger partial charge in [0.2, 0.25) is 5.91 Å². The Kier molecular flexibility index (Phi) is 4.72. The molecule has 3 heterocycles. The summed E-state index contributed by atoms with van der Waals surface area (Å²) >= 11 is 0. The van der Waals surface area contributed by atoms with Gasteiger partial charge in [-0.1, -0.05) is 0 Å². The largest absolute Gasteiger partial charge is 0.379 e. The minimum Gasteiger partial charge on any atom is -0.379 e. The summed E-state index contributed by atoms with van der Waals surface area (Å²) in [6.45, 7) is 5.73. The Hall–Kier alpha value is -1.92. The summed E-state index contributed by atoms with van der Waals surface area (Å²) in [5.74, 6) is 0.272. The van der Waals surface area contributed by atoms with Crippen LogP contribution in [0.15, 0.2) is 24.5 Å². The van der Waals surface area contributed by atoms with Crippen LogP contribution in [0.3, 0.4) is 0 Å². The van der Waals surface area contributed by atoms with Crippen LogP contribution >= 0.6 is 0 Å². The van der Waals surface area contributed by atoms with Crippen LogP contribution in [0.25, 0.3) is 5.65 Å². The van der Waals surface area contributed by atoms with Gasteiger partial charge in [0.05, 0.1) is 24.6 Å². The lowest BCUT2D eigenvalue weighted by Gasteiger charge is -2.38. The number of pyridine rings is 1. The molecule has 4 rings (SSSR count). The maximum atomic E-state index is 12.6. The maximum Gasteiger partial charge on any atom is 0.227 e. The van der Waals surface area contributed by atoms with Gasteiger partial charge in [0.25, 0.3) is 0 Å². The summed E-state index contributed by atoms with van der Waals surface area (Å²) in [6.07, 6.45) is 8.07. The van der Waals surface area contributed by atoms with Gasteiger partial charge in [-0.05, 0) is 44.7 Å². The monoisotopic (exact) mass is 342 g/mol. The quantitative estimate of drug-likeness (QED) is 0.931. The topological polar surface area (TPSA) is 58.9 Å². The standard InChI is InChI=1S/C19H26N4O2/c1-14-12-23-13-16(4-7-18(23)20-14)21-19(24)15-2-5-17(6-3-15)22-8-10-25-11-9-22/h4,7,12-13,15,17H,2-3,5-6,8-11H2,1H3,(H,21,24). The molecule has 6 heteroatoms. The summed E-state index contributed by atoms with van der Waals surface area (Å²) in [5.41, 5.74) is 2.72. The minimum atomic E-state index is 0.123. The third-order valence-electron chi connectivity index (χ3n) is 5.47. The molecule has 2 aromatic heterocycles. The maximum absolute atomic E-state index is 12.6. The first kappa shape index (κ1) is 16.5. The fourth-order valence-corrected chi connectivity index (χ4v) is 4.08. The van der Waals surface area contributed by atoms with E-state index in [9.17, 15) is 4.79 Å². The molecule has 1 aliphatic carbocycles. The predicted octanol–water partition coefficient (Wildman–Crippen LogP) is 2.47. The number of aryl methyl sites for hydroxylation is 1. The van der Waals surface area contributed by atoms with Crippen LogP contribution in [0.1, 0.15) is 31.4 Å². The van der Waals surface area contributed by atoms with Crippen LogP contribution in [0, 0.1) is 12.8 Å². The van der Waals surface area contributed by atoms with Crippen molar-refractivity contribution in [2.24, 2.45) is 5.92 Å². The van der Waals surface area contributed by atoms with Gasteiger partial charge in [-0.2, -0.15) is 0 Å². The Bertz CT molecular complexity index is 743. The summed E-state index contributed by atoms with van der Waals surface area (Å²) in [5, 5.41) is 3.09. The van der Waals surface area contributed by atoms with Gasteiger partial charge in [-0.15, -0.1) is 0 Å². The average Bonchev–Trinajstić information content (AvgIpc) is 3.02. The molecule has 0 spiro atoms. The van der Waals surface area contributed by atoms with E-state index < -0.39 is 0 Å². The van der Waals surface area contributed by atoms with Gasteiger partial charge >= 0.3 is 0 Å². The number of amides is 1. The highest BCUT2D eigenvalue weighted by Gasteiger charge is 2.30. The van der Waals surface area contributed by atoms with E-state index in [1.807, 2.05) is 35.9 Å². The Morgan fingerprint density at radius 1 is 1.16 bits per heavy atom. The second-order valence-electron chi connectivity index (χ2n) is 7.21. The summed E-state index contributed by atoms with van der Waals surface area (Å²) in [7, 11) is 0. The highest BCUT2D eigenvalue weighted by Crippen LogP contribution is 2.29. The zero-order chi connectivity index (χ0) is 17.2. The van der Waals surface area contributed by atoms with Crippen molar-refractivity contribution in [1.82, 2.24) is 14.3 Å². The van der Waals surface area contributed by atoms with Gasteiger partial charge in [0.1, 0.15) is 5.65 Å². The van der Waals surface area contributed by atoms with Gasteiger partial charge in [-0.25, -0.2) is 4.98 Å². The summed E-state index contributed by atoms with van der Waals surface area (Å²) in [6, 6.07) is 4.50. The predicted molar refractivity (Wildman–Crippen MR) is 96.7 cm³/mol. The Morgan fingerprint density at radius 3 is 2.68 bits per heavy atom. The van der Waals surface area contributed by atoms with Crippen molar-refractivity contribution in [1.29, 1.82) is 0 Å². The van der Waals surface area contributed by atoms with Gasteiger partial charge in [-0.3, -0.25) is 9.69 Å². The molecule has 1 saturated heterocycles. The number of morpholine rings is 1. The molecule has 25 heavy (non-hydrogen) atoms. The minimum absolute atomic E-state index is 0.123. The van der Waals surface area contributed by atoms with Crippen LogP contribution in [0.2, 0.25) is 0 Å². The molecule has 6 nitrogen and oxygen atoms in total. The van der Waals surface area contributed by atoms with Crippen LogP contribution in [0.4, 0.5) is 5.69 Å². The SMILES string of the molecule is Cc1cn2cc(NC(=O)C3CCC(N4CCOCC4)CC3)ccc2n1. The van der Waals surface area contributed by atoms with Crippen molar-refractivity contribution in [2.45, 2.75) is 38.6 Å². The van der Waals surface area contributed by atoms with E-state index in [4.69, 9.17) is 4.74 Å². The number of nitrogens with zero attached hydrogens (tertiary/aromatic N) is 3. The fourth-order valence-electron chi connectivity index (χ4n) is 4.08. The van der Waals surface area contributed by atoms with Crippen LogP contribution < -0.4 is 5.32 Å². The molecule has 1 N–H and O–H groups in total. The molecule has 0 unspecified atom stereocenters. The molecule has 0 bridgehead atoms. The van der Waals surface area contributed by atoms with E-state index in [1.54, 1.807) is 0 Å². The summed E-state index contributed by atoms with van der Waals surface area (Å²) in [4.78, 5) is 19.6. The number of rotatable bonds is 3. The zero-order valence-electron chi connectivity index (χ0n) is 14.8. The lowest BCUT2D eigenvalue weighted by atomic mass is 9.84. The van der Waals surface area contributed by atoms with Gasteiger partial charge in [0, 0.05) is 37.4 Å². The highest BCUT2D eigenvalue weighted by molar-refractivity contribution is 5.92. The molecule has 2 fully saturated rings. The van der Waals surface area contributed by atoms with Crippen molar-refractivity contribution in [3.05, 3.63) is 30.2 Å². The molecular weight excluding hydrogens is 316 g/mol. The van der Waals surface area contributed by atoms with Crippen LogP contribution in [0.5, 0.6) is 0 Å². The molecule has 0 radical (unpaired) electrons. The van der Waals surface area contributed by atoms with E-state index in [2.05, 4.69) is 15.2 Å². The number of hydrogen-bond acceptors (Lipinski definition) is 4. The molecule has 2 aliphatic rings. The number of imidazole rings is 1. The smallest absolute Gasteiger partial charge is 0.227 e. The Labute approximate surface area is 148 Å². The van der Waals surface area contributed by atoms with E-state index >= 15 is 0 Å². The molecule has 1 amide bonds. The second-order valence-corrected chi connectivity index (χ2v) is 7.21. The number of hydrogen-bond donors (Lipinski definition) is 1. The lowest BCUT2D eigenvalue weighted by molar-refractivity contribution is -0.121. The number of ether oxygens (including phenoxy) is 1.